The lowest BCUT2D eigenvalue weighted by Crippen LogP contribution is -2.11. The van der Waals surface area contributed by atoms with Crippen molar-refractivity contribution in [3.8, 4) is 5.75 Å². The second-order valence-corrected chi connectivity index (χ2v) is 5.89. The first-order valence-corrected chi connectivity index (χ1v) is 7.09. The van der Waals surface area contributed by atoms with Crippen molar-refractivity contribution >= 4 is 47.8 Å². The summed E-state index contributed by atoms with van der Waals surface area (Å²) < 4.78 is 2.14. The number of allylic oxidation sites excluding steroid dienone is 1. The summed E-state index contributed by atoms with van der Waals surface area (Å²) in [4.78, 5) is 0. The number of hydrogen-bond donors (Lipinski definition) is 2. The van der Waals surface area contributed by atoms with E-state index < -0.39 is 0 Å². The molecule has 0 bridgehead atoms. The summed E-state index contributed by atoms with van der Waals surface area (Å²) in [7, 11) is 0. The van der Waals surface area contributed by atoms with Crippen molar-refractivity contribution in [3.05, 3.63) is 37.7 Å². The average molecular weight is 414 g/mol. The minimum Gasteiger partial charge on any atom is -0.506 e. The third-order valence-electron chi connectivity index (χ3n) is 2.23. The van der Waals surface area contributed by atoms with Crippen LogP contribution in [0.25, 0.3) is 0 Å². The fourth-order valence-corrected chi connectivity index (χ4v) is 4.09. The quantitative estimate of drug-likeness (QED) is 0.706. The summed E-state index contributed by atoms with van der Waals surface area (Å²) in [6.07, 6.45) is 3.47. The monoisotopic (exact) mass is 411 g/mol. The minimum absolute atomic E-state index is 0.138. The van der Waals surface area contributed by atoms with E-state index in [1.54, 1.807) is 6.07 Å². The van der Waals surface area contributed by atoms with E-state index in [9.17, 15) is 5.11 Å². The zero-order chi connectivity index (χ0) is 12.3. The van der Waals surface area contributed by atoms with E-state index in [2.05, 4.69) is 54.4 Å². The molecule has 5 heteroatoms. The highest BCUT2D eigenvalue weighted by Crippen LogP contribution is 2.42. The van der Waals surface area contributed by atoms with Gasteiger partial charge in [-0.25, -0.2) is 0 Å². The molecule has 0 heterocycles. The predicted octanol–water partition coefficient (Wildman–Crippen LogP) is 4.65. The molecule has 0 amide bonds. The van der Waals surface area contributed by atoms with Crippen LogP contribution < -0.4 is 5.73 Å². The number of aromatic hydroxyl groups is 1. The summed E-state index contributed by atoms with van der Waals surface area (Å²) in [6, 6.07) is 1.66. The van der Waals surface area contributed by atoms with Crippen LogP contribution in [0.2, 0.25) is 0 Å². The molecule has 1 aromatic rings. The van der Waals surface area contributed by atoms with Gasteiger partial charge in [-0.15, -0.1) is 6.58 Å². The molecular weight excluding hydrogens is 402 g/mol. The Balaban J connectivity index is 3.12. The van der Waals surface area contributed by atoms with Gasteiger partial charge in [-0.05, 0) is 50.8 Å². The Kier molecular flexibility index (Phi) is 5.50. The Morgan fingerprint density at radius 2 is 2.00 bits per heavy atom. The smallest absolute Gasteiger partial charge is 0.144 e. The zero-order valence-corrected chi connectivity index (χ0v) is 13.3. The van der Waals surface area contributed by atoms with Crippen molar-refractivity contribution in [1.82, 2.24) is 0 Å². The SMILES string of the molecule is C=CCC[C@H](N)c1c(Br)cc(Br)c(O)c1Br. The molecule has 0 aliphatic carbocycles. The van der Waals surface area contributed by atoms with Crippen LogP contribution in [0.15, 0.2) is 32.1 Å². The average Bonchev–Trinajstić information content (AvgIpc) is 2.23. The summed E-state index contributed by atoms with van der Waals surface area (Å²) >= 11 is 10.1. The van der Waals surface area contributed by atoms with Crippen LogP contribution in [-0.4, -0.2) is 5.11 Å². The molecule has 0 radical (unpaired) electrons. The van der Waals surface area contributed by atoms with Crippen LogP contribution in [-0.2, 0) is 0 Å². The number of benzene rings is 1. The van der Waals surface area contributed by atoms with Gasteiger partial charge in [0.2, 0.25) is 0 Å². The highest BCUT2D eigenvalue weighted by molar-refractivity contribution is 9.11. The van der Waals surface area contributed by atoms with Gasteiger partial charge in [-0.1, -0.05) is 22.0 Å². The van der Waals surface area contributed by atoms with Gasteiger partial charge in [0.05, 0.1) is 8.95 Å². The van der Waals surface area contributed by atoms with Crippen LogP contribution in [0.3, 0.4) is 0 Å². The van der Waals surface area contributed by atoms with E-state index in [4.69, 9.17) is 5.73 Å². The van der Waals surface area contributed by atoms with Gasteiger partial charge in [-0.3, -0.25) is 0 Å². The van der Waals surface area contributed by atoms with Gasteiger partial charge < -0.3 is 10.8 Å². The fourth-order valence-electron chi connectivity index (χ4n) is 1.38. The van der Waals surface area contributed by atoms with Gasteiger partial charge >= 0.3 is 0 Å². The Bertz CT molecular complexity index is 407. The van der Waals surface area contributed by atoms with Crippen LogP contribution in [0.4, 0.5) is 0 Å². The number of nitrogens with two attached hydrogens (primary N) is 1. The Hall–Kier alpha value is 0.160. The molecule has 0 aliphatic rings. The maximum Gasteiger partial charge on any atom is 0.144 e. The van der Waals surface area contributed by atoms with E-state index in [0.717, 1.165) is 22.9 Å². The Labute approximate surface area is 120 Å². The maximum atomic E-state index is 9.80. The van der Waals surface area contributed by atoms with Crippen molar-refractivity contribution < 1.29 is 5.11 Å². The second-order valence-electron chi connectivity index (χ2n) is 3.39. The van der Waals surface area contributed by atoms with Crippen molar-refractivity contribution in [1.29, 1.82) is 0 Å². The first-order chi connectivity index (χ1) is 7.49. The third-order valence-corrected chi connectivity index (χ3v) is 4.30. The standard InChI is InChI=1S/C11H12Br3NO/c1-2-3-4-8(15)9-6(12)5-7(13)11(16)10(9)14/h2,5,8,16H,1,3-4,15H2/t8-/m0/s1. The Morgan fingerprint density at radius 1 is 1.38 bits per heavy atom. The van der Waals surface area contributed by atoms with Gasteiger partial charge in [0.1, 0.15) is 5.75 Å². The number of phenols is 1. The van der Waals surface area contributed by atoms with Gasteiger partial charge in [0.15, 0.2) is 0 Å². The molecule has 1 atom stereocenters. The molecule has 88 valence electrons. The molecule has 0 saturated heterocycles. The second kappa shape index (κ2) is 6.19. The largest absolute Gasteiger partial charge is 0.506 e. The lowest BCUT2D eigenvalue weighted by atomic mass is 10.0. The number of hydrogen-bond acceptors (Lipinski definition) is 2. The van der Waals surface area contributed by atoms with E-state index in [1.165, 1.54) is 0 Å². The summed E-state index contributed by atoms with van der Waals surface area (Å²) in [5.41, 5.74) is 6.94. The van der Waals surface area contributed by atoms with Crippen molar-refractivity contribution in [2.75, 3.05) is 0 Å². The van der Waals surface area contributed by atoms with E-state index in [-0.39, 0.29) is 11.8 Å². The number of rotatable bonds is 4. The summed E-state index contributed by atoms with van der Waals surface area (Å²) in [6.45, 7) is 3.67. The van der Waals surface area contributed by atoms with Crippen molar-refractivity contribution in [2.24, 2.45) is 5.73 Å². The molecule has 0 aromatic heterocycles. The highest BCUT2D eigenvalue weighted by atomic mass is 79.9. The van der Waals surface area contributed by atoms with Crippen LogP contribution in [0, 0.1) is 0 Å². The predicted molar refractivity (Wildman–Crippen MR) is 77.6 cm³/mol. The third kappa shape index (κ3) is 3.09. The van der Waals surface area contributed by atoms with Gasteiger partial charge in [0, 0.05) is 16.1 Å². The lowest BCUT2D eigenvalue weighted by molar-refractivity contribution is 0.465. The molecule has 3 N–H and O–H groups in total. The molecule has 0 saturated carbocycles. The van der Waals surface area contributed by atoms with Crippen LogP contribution >= 0.6 is 47.8 Å². The van der Waals surface area contributed by atoms with E-state index >= 15 is 0 Å². The van der Waals surface area contributed by atoms with E-state index in [0.29, 0.717) is 8.95 Å². The molecule has 2 nitrogen and oxygen atoms in total. The van der Waals surface area contributed by atoms with Crippen LogP contribution in [0.1, 0.15) is 24.4 Å². The molecule has 0 unspecified atom stereocenters. The van der Waals surface area contributed by atoms with Gasteiger partial charge in [-0.2, -0.15) is 0 Å². The molecule has 0 spiro atoms. The van der Waals surface area contributed by atoms with Crippen molar-refractivity contribution in [3.63, 3.8) is 0 Å². The highest BCUT2D eigenvalue weighted by Gasteiger charge is 2.18. The van der Waals surface area contributed by atoms with Crippen LogP contribution in [0.5, 0.6) is 5.75 Å². The molecule has 1 aromatic carbocycles. The zero-order valence-electron chi connectivity index (χ0n) is 8.51. The van der Waals surface area contributed by atoms with Gasteiger partial charge in [0.25, 0.3) is 0 Å². The summed E-state index contributed by atoms with van der Waals surface area (Å²) in [5, 5.41) is 9.80. The number of halogens is 3. The first kappa shape index (κ1) is 14.2. The number of phenolic OH excluding ortho intramolecular Hbond substituents is 1. The van der Waals surface area contributed by atoms with E-state index in [1.807, 2.05) is 6.08 Å². The minimum atomic E-state index is -0.138. The molecule has 0 aliphatic heterocycles. The molecule has 1 rings (SSSR count). The molecular formula is C11H12Br3NO. The summed E-state index contributed by atoms with van der Waals surface area (Å²) in [5.74, 6) is 0.173. The fraction of sp³-hybridized carbons (Fsp3) is 0.273. The topological polar surface area (TPSA) is 46.2 Å². The lowest BCUT2D eigenvalue weighted by Gasteiger charge is -2.16. The maximum absolute atomic E-state index is 9.80. The molecule has 16 heavy (non-hydrogen) atoms. The normalized spacial score (nSPS) is 12.5. The molecule has 0 fully saturated rings. The van der Waals surface area contributed by atoms with Crippen molar-refractivity contribution in [2.45, 2.75) is 18.9 Å². The first-order valence-electron chi connectivity index (χ1n) is 4.71. The Morgan fingerprint density at radius 3 is 2.56 bits per heavy atom.